The van der Waals surface area contributed by atoms with E-state index in [9.17, 15) is 0 Å². The van der Waals surface area contributed by atoms with Gasteiger partial charge in [-0.2, -0.15) is 0 Å². The predicted octanol–water partition coefficient (Wildman–Crippen LogP) is 3.17. The zero-order chi connectivity index (χ0) is 14.9. The molecular formula is C17H19BrN4. The number of piperidine rings is 2. The lowest BCUT2D eigenvalue weighted by Gasteiger charge is -2.54. The average Bonchev–Trinajstić information content (AvgIpc) is 2.54. The van der Waals surface area contributed by atoms with Gasteiger partial charge in [-0.15, -0.1) is 0 Å². The number of nitrogens with zero attached hydrogens (tertiary/aromatic N) is 3. The van der Waals surface area contributed by atoms with Crippen LogP contribution in [0.4, 0.5) is 5.82 Å². The van der Waals surface area contributed by atoms with Crippen molar-refractivity contribution in [3.05, 3.63) is 52.9 Å². The van der Waals surface area contributed by atoms with Gasteiger partial charge in [0.05, 0.1) is 0 Å². The van der Waals surface area contributed by atoms with Crippen molar-refractivity contribution in [3.8, 4) is 0 Å². The van der Waals surface area contributed by atoms with Gasteiger partial charge < -0.3 is 5.32 Å². The topological polar surface area (TPSA) is 41.0 Å². The molecule has 3 aliphatic rings. The summed E-state index contributed by atoms with van der Waals surface area (Å²) in [6.45, 7) is 3.42. The van der Waals surface area contributed by atoms with Gasteiger partial charge in [0.15, 0.2) is 0 Å². The maximum atomic E-state index is 4.31. The quantitative estimate of drug-likeness (QED) is 0.852. The highest BCUT2D eigenvalue weighted by atomic mass is 79.9. The van der Waals surface area contributed by atoms with E-state index >= 15 is 0 Å². The first kappa shape index (κ1) is 14.2. The van der Waals surface area contributed by atoms with E-state index in [1.807, 2.05) is 6.07 Å². The number of benzene rings is 1. The molecule has 0 radical (unpaired) electrons. The molecule has 3 heterocycles. The largest absolute Gasteiger partial charge is 0.367 e. The summed E-state index contributed by atoms with van der Waals surface area (Å²) in [6.07, 6.45) is 2.94. The van der Waals surface area contributed by atoms with Crippen molar-refractivity contribution >= 4 is 21.7 Å². The van der Waals surface area contributed by atoms with Gasteiger partial charge in [-0.25, -0.2) is 9.97 Å². The van der Waals surface area contributed by atoms with E-state index in [0.717, 1.165) is 28.8 Å². The third-order valence-corrected chi connectivity index (χ3v) is 5.24. The Morgan fingerprint density at radius 3 is 2.64 bits per heavy atom. The second kappa shape index (κ2) is 5.97. The van der Waals surface area contributed by atoms with Crippen molar-refractivity contribution in [1.29, 1.82) is 0 Å². The zero-order valence-corrected chi connectivity index (χ0v) is 13.9. The molecule has 5 heteroatoms. The van der Waals surface area contributed by atoms with Crippen LogP contribution in [0.15, 0.2) is 47.3 Å². The predicted molar refractivity (Wildman–Crippen MR) is 90.5 cm³/mol. The van der Waals surface area contributed by atoms with Crippen molar-refractivity contribution in [2.24, 2.45) is 11.8 Å². The molecule has 114 valence electrons. The Hall–Kier alpha value is -1.46. The molecule has 0 amide bonds. The molecular weight excluding hydrogens is 340 g/mol. The molecule has 2 bridgehead atoms. The van der Waals surface area contributed by atoms with Crippen LogP contribution in [0.5, 0.6) is 0 Å². The monoisotopic (exact) mass is 358 g/mol. The number of hydrogen-bond acceptors (Lipinski definition) is 4. The van der Waals surface area contributed by atoms with Gasteiger partial charge in [0.1, 0.15) is 16.7 Å². The third kappa shape index (κ3) is 2.88. The molecule has 1 aromatic heterocycles. The standard InChI is InChI=1S/C17H19BrN4/c18-15-7-16(20-11-19-15)21-17-13-6-14(17)10-22(9-13)8-12-4-2-1-3-5-12/h1-5,7,11,13-14,17H,6,8-10H2,(H,19,20,21). The first-order valence-electron chi connectivity index (χ1n) is 7.78. The SMILES string of the molecule is Brc1cc(NC2C3CC2CN(Cc2ccccc2)C3)ncn1. The van der Waals surface area contributed by atoms with E-state index in [1.165, 1.54) is 25.1 Å². The molecule has 5 rings (SSSR count). The first-order valence-corrected chi connectivity index (χ1v) is 8.57. The fraction of sp³-hybridized carbons (Fsp3) is 0.412. The van der Waals surface area contributed by atoms with Crippen LogP contribution in [0.2, 0.25) is 0 Å². The highest BCUT2D eigenvalue weighted by molar-refractivity contribution is 9.10. The summed E-state index contributed by atoms with van der Waals surface area (Å²) in [6, 6.07) is 13.3. The van der Waals surface area contributed by atoms with Crippen LogP contribution in [-0.4, -0.2) is 34.0 Å². The maximum Gasteiger partial charge on any atom is 0.130 e. The number of nitrogens with one attached hydrogen (secondary N) is 1. The summed E-state index contributed by atoms with van der Waals surface area (Å²) in [5.41, 5.74) is 1.41. The van der Waals surface area contributed by atoms with E-state index in [0.29, 0.717) is 6.04 Å². The van der Waals surface area contributed by atoms with Crippen LogP contribution in [0, 0.1) is 11.8 Å². The van der Waals surface area contributed by atoms with Gasteiger partial charge in [-0.3, -0.25) is 4.90 Å². The van der Waals surface area contributed by atoms with Crippen molar-refractivity contribution in [2.45, 2.75) is 19.0 Å². The van der Waals surface area contributed by atoms with Crippen LogP contribution in [0.3, 0.4) is 0 Å². The normalized spacial score (nSPS) is 27.2. The molecule has 2 aromatic rings. The minimum Gasteiger partial charge on any atom is -0.367 e. The number of hydrogen-bond donors (Lipinski definition) is 1. The zero-order valence-electron chi connectivity index (χ0n) is 12.3. The third-order valence-electron chi connectivity index (χ3n) is 4.80. The summed E-state index contributed by atoms with van der Waals surface area (Å²) >= 11 is 3.40. The Kier molecular flexibility index (Phi) is 3.84. The van der Waals surface area contributed by atoms with Crippen LogP contribution >= 0.6 is 15.9 Å². The highest BCUT2D eigenvalue weighted by Gasteiger charge is 2.46. The van der Waals surface area contributed by atoms with Gasteiger partial charge in [0, 0.05) is 31.7 Å². The molecule has 1 aliphatic carbocycles. The summed E-state index contributed by atoms with van der Waals surface area (Å²) in [7, 11) is 0. The first-order chi connectivity index (χ1) is 10.8. The summed E-state index contributed by atoms with van der Waals surface area (Å²) in [4.78, 5) is 11.0. The van der Waals surface area contributed by atoms with E-state index in [1.54, 1.807) is 6.33 Å². The number of anilines is 1. The Balaban J connectivity index is 1.36. The van der Waals surface area contributed by atoms with Crippen molar-refractivity contribution < 1.29 is 0 Å². The van der Waals surface area contributed by atoms with E-state index in [4.69, 9.17) is 0 Å². The molecule has 1 saturated carbocycles. The van der Waals surface area contributed by atoms with Gasteiger partial charge in [0.25, 0.3) is 0 Å². The molecule has 2 atom stereocenters. The van der Waals surface area contributed by atoms with Gasteiger partial charge in [-0.05, 0) is 39.8 Å². The number of halogens is 1. The molecule has 2 aliphatic heterocycles. The molecule has 1 N–H and O–H groups in total. The maximum absolute atomic E-state index is 4.31. The fourth-order valence-electron chi connectivity index (χ4n) is 3.77. The minimum absolute atomic E-state index is 0.564. The Morgan fingerprint density at radius 2 is 1.91 bits per heavy atom. The van der Waals surface area contributed by atoms with Crippen LogP contribution in [0.25, 0.3) is 0 Å². The highest BCUT2D eigenvalue weighted by Crippen LogP contribution is 2.42. The number of rotatable bonds is 4. The van der Waals surface area contributed by atoms with E-state index in [-0.39, 0.29) is 0 Å². The Morgan fingerprint density at radius 1 is 1.14 bits per heavy atom. The molecule has 0 spiro atoms. The average molecular weight is 359 g/mol. The second-order valence-corrected chi connectivity index (χ2v) is 7.14. The summed E-state index contributed by atoms with van der Waals surface area (Å²) in [5, 5.41) is 3.60. The van der Waals surface area contributed by atoms with Crippen LogP contribution < -0.4 is 5.32 Å². The van der Waals surface area contributed by atoms with Crippen LogP contribution in [0.1, 0.15) is 12.0 Å². The summed E-state index contributed by atoms with van der Waals surface area (Å²) in [5.74, 6) is 2.39. The molecule has 22 heavy (non-hydrogen) atoms. The van der Waals surface area contributed by atoms with E-state index in [2.05, 4.69) is 66.4 Å². The Bertz CT molecular complexity index is 636. The Labute approximate surface area is 139 Å². The lowest BCUT2D eigenvalue weighted by atomic mass is 9.66. The van der Waals surface area contributed by atoms with E-state index < -0.39 is 0 Å². The van der Waals surface area contributed by atoms with Gasteiger partial charge >= 0.3 is 0 Å². The second-order valence-electron chi connectivity index (χ2n) is 6.33. The molecule has 2 saturated heterocycles. The number of aromatic nitrogens is 2. The van der Waals surface area contributed by atoms with Crippen LogP contribution in [-0.2, 0) is 6.54 Å². The minimum atomic E-state index is 0.564. The van der Waals surface area contributed by atoms with Crippen molar-refractivity contribution in [3.63, 3.8) is 0 Å². The lowest BCUT2D eigenvalue weighted by molar-refractivity contribution is 0.00735. The smallest absolute Gasteiger partial charge is 0.130 e. The summed E-state index contributed by atoms with van der Waals surface area (Å²) < 4.78 is 0.834. The van der Waals surface area contributed by atoms with Crippen molar-refractivity contribution in [2.75, 3.05) is 18.4 Å². The molecule has 3 fully saturated rings. The van der Waals surface area contributed by atoms with Gasteiger partial charge in [-0.1, -0.05) is 30.3 Å². The fourth-order valence-corrected chi connectivity index (χ4v) is 4.08. The molecule has 2 unspecified atom stereocenters. The van der Waals surface area contributed by atoms with Crippen molar-refractivity contribution in [1.82, 2.24) is 14.9 Å². The molecule has 1 aromatic carbocycles. The number of fused-ring (bicyclic) bond motifs is 2. The molecule has 4 nitrogen and oxygen atoms in total. The lowest BCUT2D eigenvalue weighted by Crippen LogP contribution is -2.60. The van der Waals surface area contributed by atoms with Gasteiger partial charge in [0.2, 0.25) is 0 Å².